The maximum absolute atomic E-state index is 13.3. The van der Waals surface area contributed by atoms with E-state index in [0.717, 1.165) is 16.9 Å². The average Bonchev–Trinajstić information content (AvgIpc) is 3.43. The minimum absolute atomic E-state index is 0.0767. The molecule has 0 unspecified atom stereocenters. The molecule has 1 N–H and O–H groups in total. The number of rotatable bonds is 15. The van der Waals surface area contributed by atoms with Crippen LogP contribution in [0.3, 0.4) is 0 Å². The van der Waals surface area contributed by atoms with Crippen LogP contribution in [0.2, 0.25) is 0 Å². The summed E-state index contributed by atoms with van der Waals surface area (Å²) >= 11 is 1.09. The fourth-order valence-corrected chi connectivity index (χ4v) is 5.56. The predicted octanol–water partition coefficient (Wildman–Crippen LogP) is 5.50. The predicted molar refractivity (Wildman–Crippen MR) is 155 cm³/mol. The molecule has 238 valence electrons. The fraction of sp³-hybridized carbons (Fsp3) is 0.567. The van der Waals surface area contributed by atoms with Gasteiger partial charge < -0.3 is 19.7 Å². The van der Waals surface area contributed by atoms with Crippen molar-refractivity contribution >= 4 is 35.1 Å². The first kappa shape index (κ1) is 35.7. The zero-order valence-electron chi connectivity index (χ0n) is 25.3. The maximum atomic E-state index is 13.3. The van der Waals surface area contributed by atoms with E-state index in [-0.39, 0.29) is 18.0 Å². The number of thiazole rings is 1. The van der Waals surface area contributed by atoms with Gasteiger partial charge in [-0.1, -0.05) is 51.1 Å². The normalized spacial score (nSPS) is 14.4. The highest BCUT2D eigenvalue weighted by atomic mass is 32.1. The van der Waals surface area contributed by atoms with Crippen molar-refractivity contribution < 1.29 is 41.8 Å². The van der Waals surface area contributed by atoms with E-state index in [1.54, 1.807) is 6.92 Å². The van der Waals surface area contributed by atoms with Gasteiger partial charge in [-0.2, -0.15) is 13.2 Å². The highest BCUT2D eigenvalue weighted by Crippen LogP contribution is 2.31. The van der Waals surface area contributed by atoms with Crippen molar-refractivity contribution in [3.63, 3.8) is 0 Å². The Morgan fingerprint density at radius 2 is 1.72 bits per heavy atom. The molecule has 43 heavy (non-hydrogen) atoms. The number of benzene rings is 1. The van der Waals surface area contributed by atoms with E-state index >= 15 is 0 Å². The molecule has 0 bridgehead atoms. The van der Waals surface area contributed by atoms with Crippen LogP contribution >= 0.6 is 11.3 Å². The van der Waals surface area contributed by atoms with Crippen molar-refractivity contribution in [2.24, 2.45) is 11.8 Å². The molecule has 1 aromatic carbocycles. The van der Waals surface area contributed by atoms with Gasteiger partial charge in [0.25, 0.3) is 5.91 Å². The summed E-state index contributed by atoms with van der Waals surface area (Å²) in [4.78, 5) is 55.5. The number of alkyl halides is 3. The smallest absolute Gasteiger partial charge is 0.389 e. The first-order valence-corrected chi connectivity index (χ1v) is 14.9. The Kier molecular flexibility index (Phi) is 13.6. The molecule has 4 atom stereocenters. The lowest BCUT2D eigenvalue weighted by Crippen LogP contribution is -2.42. The minimum atomic E-state index is -4.46. The molecule has 0 radical (unpaired) electrons. The van der Waals surface area contributed by atoms with Crippen molar-refractivity contribution in [3.8, 4) is 0 Å². The van der Waals surface area contributed by atoms with Crippen molar-refractivity contribution in [1.82, 2.24) is 15.2 Å². The number of carbonyl (C=O) groups is 4. The molecule has 1 heterocycles. The second kappa shape index (κ2) is 16.4. The van der Waals surface area contributed by atoms with Crippen LogP contribution < -0.4 is 5.32 Å². The quantitative estimate of drug-likeness (QED) is 0.259. The largest absolute Gasteiger partial charge is 0.469 e. The molecule has 0 aliphatic heterocycles. The summed E-state index contributed by atoms with van der Waals surface area (Å²) in [6.45, 7) is 6.56. The summed E-state index contributed by atoms with van der Waals surface area (Å²) in [5.41, 5.74) is 1.05. The lowest BCUT2D eigenvalue weighted by Gasteiger charge is -2.33. The molecule has 2 rings (SSSR count). The van der Waals surface area contributed by atoms with E-state index in [9.17, 15) is 32.3 Å². The molecule has 0 aliphatic rings. The summed E-state index contributed by atoms with van der Waals surface area (Å²) < 4.78 is 48.4. The number of nitrogens with zero attached hydrogens (tertiary/aromatic N) is 2. The van der Waals surface area contributed by atoms with Crippen molar-refractivity contribution in [2.45, 2.75) is 84.2 Å². The fourth-order valence-electron chi connectivity index (χ4n) is 4.72. The number of halogens is 3. The summed E-state index contributed by atoms with van der Waals surface area (Å²) in [6, 6.07) is 8.49. The number of nitrogens with one attached hydrogen (secondary N) is 1. The van der Waals surface area contributed by atoms with Gasteiger partial charge in [-0.25, -0.2) is 4.98 Å². The molecule has 9 nitrogen and oxygen atoms in total. The van der Waals surface area contributed by atoms with Crippen molar-refractivity contribution in [3.05, 3.63) is 52.0 Å². The van der Waals surface area contributed by atoms with E-state index in [1.807, 2.05) is 44.2 Å². The second-order valence-electron chi connectivity index (χ2n) is 10.9. The monoisotopic (exact) mass is 627 g/mol. The molecule has 0 spiro atoms. The van der Waals surface area contributed by atoms with E-state index in [0.29, 0.717) is 17.8 Å². The molecule has 13 heteroatoms. The Morgan fingerprint density at radius 3 is 2.28 bits per heavy atom. The zero-order valence-corrected chi connectivity index (χ0v) is 26.1. The number of hydrogen-bond donors (Lipinski definition) is 1. The SMILES string of the molecule is COC(=O)[C@@H](C)C[C@H](Cc1ccccc1)NC(=O)c1csc([C@@H](C[C@H](C(C)C)N(C)C(=O)CCC(F)(F)F)OC(C)=O)n1. The first-order valence-electron chi connectivity index (χ1n) is 14.0. The maximum Gasteiger partial charge on any atom is 0.389 e. The van der Waals surface area contributed by atoms with E-state index in [2.05, 4.69) is 10.3 Å². The molecule has 0 aliphatic carbocycles. The van der Waals surface area contributed by atoms with Gasteiger partial charge in [-0.15, -0.1) is 11.3 Å². The standard InChI is InChI=1S/C30H40F3N3O6S/c1-18(2)24(36(5)26(38)12-13-30(31,32)33)16-25(42-20(4)37)28-35-23(17-43-28)27(39)34-22(14-19(3)29(40)41-6)15-21-10-8-7-9-11-21/h7-11,17-19,22,24-25H,12-16H2,1-6H3,(H,34,39)/t19-,22+,24+,25+/m0/s1. The van der Waals surface area contributed by atoms with Crippen LogP contribution in [0.4, 0.5) is 13.2 Å². The van der Waals surface area contributed by atoms with Gasteiger partial charge in [-0.05, 0) is 24.3 Å². The van der Waals surface area contributed by atoms with Gasteiger partial charge in [-0.3, -0.25) is 19.2 Å². The summed E-state index contributed by atoms with van der Waals surface area (Å²) in [7, 11) is 2.73. The third-order valence-electron chi connectivity index (χ3n) is 6.98. The van der Waals surface area contributed by atoms with Crippen LogP contribution in [0.1, 0.15) is 80.5 Å². The molecular weight excluding hydrogens is 587 g/mol. The summed E-state index contributed by atoms with van der Waals surface area (Å²) in [5, 5.41) is 4.78. The van der Waals surface area contributed by atoms with Gasteiger partial charge in [0, 0.05) is 44.3 Å². The van der Waals surface area contributed by atoms with Gasteiger partial charge in [0.05, 0.1) is 19.4 Å². The van der Waals surface area contributed by atoms with Gasteiger partial charge in [0.2, 0.25) is 5.91 Å². The van der Waals surface area contributed by atoms with E-state index in [4.69, 9.17) is 9.47 Å². The molecule has 0 fully saturated rings. The van der Waals surface area contributed by atoms with Gasteiger partial charge >= 0.3 is 18.1 Å². The highest BCUT2D eigenvalue weighted by molar-refractivity contribution is 7.09. The number of ether oxygens (including phenoxy) is 2. The van der Waals surface area contributed by atoms with Crippen LogP contribution in [0.15, 0.2) is 35.7 Å². The molecule has 0 saturated carbocycles. The Bertz CT molecular complexity index is 1220. The average molecular weight is 628 g/mol. The highest BCUT2D eigenvalue weighted by Gasteiger charge is 2.33. The second-order valence-corrected chi connectivity index (χ2v) is 11.7. The summed E-state index contributed by atoms with van der Waals surface area (Å²) in [5.74, 6) is -2.82. The topological polar surface area (TPSA) is 115 Å². The molecule has 2 aromatic rings. The Morgan fingerprint density at radius 1 is 1.07 bits per heavy atom. The van der Waals surface area contributed by atoms with Crippen molar-refractivity contribution in [2.75, 3.05) is 14.2 Å². The Balaban J connectivity index is 2.24. The Hall–Kier alpha value is -3.48. The van der Waals surface area contributed by atoms with Gasteiger partial charge in [0.15, 0.2) is 6.10 Å². The zero-order chi connectivity index (χ0) is 32.3. The van der Waals surface area contributed by atoms with Crippen LogP contribution in [0.5, 0.6) is 0 Å². The third-order valence-corrected chi connectivity index (χ3v) is 7.92. The Labute approximate surface area is 254 Å². The summed E-state index contributed by atoms with van der Waals surface area (Å²) in [6.07, 6.45) is -6.46. The lowest BCUT2D eigenvalue weighted by atomic mass is 9.96. The van der Waals surface area contributed by atoms with Crippen LogP contribution in [0.25, 0.3) is 0 Å². The van der Waals surface area contributed by atoms with Crippen LogP contribution in [-0.4, -0.2) is 66.1 Å². The number of amides is 2. The number of hydrogen-bond acceptors (Lipinski definition) is 8. The van der Waals surface area contributed by atoms with E-state index < -0.39 is 66.9 Å². The molecule has 2 amide bonds. The van der Waals surface area contributed by atoms with Gasteiger partial charge in [0.1, 0.15) is 10.7 Å². The number of methoxy groups -OCH3 is 1. The number of aromatic nitrogens is 1. The molecule has 1 aromatic heterocycles. The van der Waals surface area contributed by atoms with Crippen molar-refractivity contribution in [1.29, 1.82) is 0 Å². The minimum Gasteiger partial charge on any atom is -0.469 e. The number of esters is 2. The van der Waals surface area contributed by atoms with Crippen LogP contribution in [0, 0.1) is 11.8 Å². The number of carbonyl (C=O) groups excluding carboxylic acids is 4. The third kappa shape index (κ3) is 12.0. The lowest BCUT2D eigenvalue weighted by molar-refractivity contribution is -0.152. The first-order chi connectivity index (χ1) is 20.1. The molecule has 0 saturated heterocycles. The molecular formula is C30H40F3N3O6S. The van der Waals surface area contributed by atoms with E-state index in [1.165, 1.54) is 31.4 Å². The van der Waals surface area contributed by atoms with Crippen LogP contribution in [-0.2, 0) is 30.3 Å².